The molecule has 3 nitrogen and oxygen atoms in total. The standard InChI is InChI=1S/C11H24O3Si/c1-5-12-11(13-6-2,14-7-3)9-10-15-8-4/h8H,4-7,9-10,15H2,1-3H3. The number of ether oxygens (including phenoxy) is 3. The van der Waals surface area contributed by atoms with Crippen molar-refractivity contribution in [3.8, 4) is 0 Å². The van der Waals surface area contributed by atoms with Crippen LogP contribution in [-0.2, 0) is 14.2 Å². The third kappa shape index (κ3) is 6.09. The molecule has 90 valence electrons. The normalized spacial score (nSPS) is 12.5. The molecule has 0 spiro atoms. The Balaban J connectivity index is 4.24. The van der Waals surface area contributed by atoms with Crippen molar-refractivity contribution in [1.82, 2.24) is 0 Å². The molecule has 0 aromatic carbocycles. The highest BCUT2D eigenvalue weighted by molar-refractivity contribution is 6.41. The minimum absolute atomic E-state index is 0.185. The lowest BCUT2D eigenvalue weighted by Crippen LogP contribution is -2.39. The van der Waals surface area contributed by atoms with E-state index in [2.05, 4.69) is 6.58 Å². The van der Waals surface area contributed by atoms with Crippen molar-refractivity contribution >= 4 is 9.52 Å². The van der Waals surface area contributed by atoms with Crippen molar-refractivity contribution in [3.05, 3.63) is 12.3 Å². The fourth-order valence-corrected chi connectivity index (χ4v) is 2.39. The van der Waals surface area contributed by atoms with Crippen LogP contribution in [0.1, 0.15) is 27.2 Å². The monoisotopic (exact) mass is 232 g/mol. The first kappa shape index (κ1) is 14.8. The van der Waals surface area contributed by atoms with Crippen molar-refractivity contribution < 1.29 is 14.2 Å². The molecule has 0 aliphatic heterocycles. The molecule has 4 heteroatoms. The average Bonchev–Trinajstić information content (AvgIpc) is 2.19. The van der Waals surface area contributed by atoms with Gasteiger partial charge in [-0.25, -0.2) is 0 Å². The molecule has 0 unspecified atom stereocenters. The van der Waals surface area contributed by atoms with E-state index in [1.165, 1.54) is 0 Å². The van der Waals surface area contributed by atoms with Gasteiger partial charge in [0.25, 0.3) is 5.97 Å². The first-order chi connectivity index (χ1) is 7.24. The fraction of sp³-hybridized carbons (Fsp3) is 0.818. The van der Waals surface area contributed by atoms with E-state index in [9.17, 15) is 0 Å². The summed E-state index contributed by atoms with van der Waals surface area (Å²) in [7, 11) is -0.185. The summed E-state index contributed by atoms with van der Waals surface area (Å²) in [6.07, 6.45) is 0.806. The van der Waals surface area contributed by atoms with E-state index in [0.29, 0.717) is 19.8 Å². The molecule has 0 aromatic rings. The van der Waals surface area contributed by atoms with Crippen molar-refractivity contribution in [2.24, 2.45) is 0 Å². The molecule has 0 fully saturated rings. The molecule has 0 bridgehead atoms. The predicted molar refractivity (Wildman–Crippen MR) is 65.8 cm³/mol. The highest BCUT2D eigenvalue weighted by atomic mass is 28.2. The number of rotatable bonds is 10. The second-order valence-electron chi connectivity index (χ2n) is 3.16. The lowest BCUT2D eigenvalue weighted by atomic mass is 10.4. The summed E-state index contributed by atoms with van der Waals surface area (Å²) in [5.74, 6) is -0.811. The summed E-state index contributed by atoms with van der Waals surface area (Å²) in [6, 6.07) is 1.10. The molecule has 0 heterocycles. The Kier molecular flexibility index (Phi) is 8.99. The first-order valence-corrected chi connectivity index (χ1v) is 7.59. The van der Waals surface area contributed by atoms with E-state index in [4.69, 9.17) is 14.2 Å². The Morgan fingerprint density at radius 1 is 1.07 bits per heavy atom. The summed E-state index contributed by atoms with van der Waals surface area (Å²) in [5, 5.41) is 0. The molecule has 0 amide bonds. The van der Waals surface area contributed by atoms with Gasteiger partial charge in [-0.15, -0.1) is 12.3 Å². The smallest absolute Gasteiger partial charge is 0.282 e. The average molecular weight is 232 g/mol. The van der Waals surface area contributed by atoms with Gasteiger partial charge in [0.2, 0.25) is 0 Å². The van der Waals surface area contributed by atoms with Crippen LogP contribution in [0.2, 0.25) is 6.04 Å². The molecule has 0 saturated heterocycles. The summed E-state index contributed by atoms with van der Waals surface area (Å²) < 4.78 is 16.8. The highest BCUT2D eigenvalue weighted by Gasteiger charge is 2.31. The second-order valence-corrected chi connectivity index (χ2v) is 5.02. The van der Waals surface area contributed by atoms with E-state index in [1.54, 1.807) is 0 Å². The Morgan fingerprint density at radius 2 is 1.53 bits per heavy atom. The minimum atomic E-state index is -0.811. The Morgan fingerprint density at radius 3 is 1.87 bits per heavy atom. The van der Waals surface area contributed by atoms with Gasteiger partial charge < -0.3 is 14.2 Å². The zero-order valence-electron chi connectivity index (χ0n) is 10.3. The minimum Gasteiger partial charge on any atom is -0.328 e. The largest absolute Gasteiger partial charge is 0.328 e. The molecule has 0 atom stereocenters. The van der Waals surface area contributed by atoms with Crippen molar-refractivity contribution in [3.63, 3.8) is 0 Å². The Hall–Kier alpha value is -0.163. The van der Waals surface area contributed by atoms with Crippen LogP contribution in [0.4, 0.5) is 0 Å². The highest BCUT2D eigenvalue weighted by Crippen LogP contribution is 2.22. The predicted octanol–water partition coefficient (Wildman–Crippen LogP) is 1.87. The van der Waals surface area contributed by atoms with Crippen LogP contribution in [0.3, 0.4) is 0 Å². The van der Waals surface area contributed by atoms with E-state index in [1.807, 2.05) is 26.5 Å². The summed E-state index contributed by atoms with van der Waals surface area (Å²) in [6.45, 7) is 11.4. The van der Waals surface area contributed by atoms with Crippen LogP contribution in [0.25, 0.3) is 0 Å². The molecule has 0 saturated carbocycles. The second kappa shape index (κ2) is 9.09. The van der Waals surface area contributed by atoms with Crippen LogP contribution in [-0.4, -0.2) is 35.3 Å². The maximum absolute atomic E-state index is 5.60. The summed E-state index contributed by atoms with van der Waals surface area (Å²) in [4.78, 5) is 0. The SMILES string of the molecule is C=C[SiH2]CCC(OCC)(OCC)OCC. The van der Waals surface area contributed by atoms with Gasteiger partial charge in [0, 0.05) is 35.8 Å². The van der Waals surface area contributed by atoms with Gasteiger partial charge in [0.1, 0.15) is 0 Å². The van der Waals surface area contributed by atoms with Gasteiger partial charge in [-0.1, -0.05) is 6.04 Å². The molecule has 0 rings (SSSR count). The maximum Gasteiger partial charge on any atom is 0.282 e. The van der Waals surface area contributed by atoms with Gasteiger partial charge in [0.15, 0.2) is 0 Å². The molecule has 0 radical (unpaired) electrons. The van der Waals surface area contributed by atoms with Gasteiger partial charge in [-0.2, -0.15) is 0 Å². The van der Waals surface area contributed by atoms with E-state index >= 15 is 0 Å². The van der Waals surface area contributed by atoms with Gasteiger partial charge >= 0.3 is 0 Å². The van der Waals surface area contributed by atoms with Crippen molar-refractivity contribution in [2.45, 2.75) is 39.2 Å². The zero-order valence-corrected chi connectivity index (χ0v) is 11.7. The lowest BCUT2D eigenvalue weighted by Gasteiger charge is -2.32. The van der Waals surface area contributed by atoms with Gasteiger partial charge in [-0.05, 0) is 20.8 Å². The zero-order chi connectivity index (χ0) is 11.6. The van der Waals surface area contributed by atoms with Crippen LogP contribution >= 0.6 is 0 Å². The Labute approximate surface area is 95.6 Å². The first-order valence-electron chi connectivity index (χ1n) is 5.77. The third-order valence-corrected chi connectivity index (χ3v) is 3.15. The Bertz CT molecular complexity index is 145. The van der Waals surface area contributed by atoms with E-state index < -0.39 is 5.97 Å². The molecule has 0 aliphatic rings. The lowest BCUT2D eigenvalue weighted by molar-refractivity contribution is -0.377. The summed E-state index contributed by atoms with van der Waals surface area (Å²) in [5.41, 5.74) is 2.04. The molecular formula is C11H24O3Si. The molecule has 15 heavy (non-hydrogen) atoms. The van der Waals surface area contributed by atoms with Crippen molar-refractivity contribution in [1.29, 1.82) is 0 Å². The van der Waals surface area contributed by atoms with Crippen LogP contribution in [0.15, 0.2) is 12.3 Å². The quantitative estimate of drug-likeness (QED) is 0.327. The van der Waals surface area contributed by atoms with Gasteiger partial charge in [-0.3, -0.25) is 0 Å². The van der Waals surface area contributed by atoms with Crippen LogP contribution < -0.4 is 0 Å². The van der Waals surface area contributed by atoms with Crippen LogP contribution in [0, 0.1) is 0 Å². The summed E-state index contributed by atoms with van der Waals surface area (Å²) >= 11 is 0. The van der Waals surface area contributed by atoms with E-state index in [0.717, 1.165) is 12.5 Å². The number of hydrogen-bond donors (Lipinski definition) is 0. The van der Waals surface area contributed by atoms with E-state index in [-0.39, 0.29) is 9.52 Å². The molecule has 0 aromatic heterocycles. The molecular weight excluding hydrogens is 208 g/mol. The molecule has 0 aliphatic carbocycles. The van der Waals surface area contributed by atoms with Gasteiger partial charge in [0.05, 0.1) is 0 Å². The topological polar surface area (TPSA) is 27.7 Å². The maximum atomic E-state index is 5.60. The number of hydrogen-bond acceptors (Lipinski definition) is 3. The molecule has 0 N–H and O–H groups in total. The third-order valence-electron chi connectivity index (χ3n) is 1.98. The van der Waals surface area contributed by atoms with Crippen LogP contribution in [0.5, 0.6) is 0 Å². The fourth-order valence-electron chi connectivity index (χ4n) is 1.46. The van der Waals surface area contributed by atoms with Crippen molar-refractivity contribution in [2.75, 3.05) is 19.8 Å².